The van der Waals surface area contributed by atoms with Gasteiger partial charge in [-0.2, -0.15) is 0 Å². The second-order valence-corrected chi connectivity index (χ2v) is 5.94. The molecule has 14 N–H and O–H groups in total. The molecule has 4 aromatic rings. The van der Waals surface area contributed by atoms with Gasteiger partial charge in [-0.05, 0) is 22.9 Å². The third kappa shape index (κ3) is 7.16. The maximum absolute atomic E-state index is 10.6. The monoisotopic (exact) mass is 505 g/mol. The van der Waals surface area contributed by atoms with E-state index in [1.807, 2.05) is 12.1 Å². The average molecular weight is 505 g/mol. The van der Waals surface area contributed by atoms with E-state index in [0.29, 0.717) is 10.8 Å². The van der Waals surface area contributed by atoms with Gasteiger partial charge in [0.25, 0.3) is 0 Å². The van der Waals surface area contributed by atoms with Crippen molar-refractivity contribution in [3.63, 3.8) is 0 Å². The Kier molecular flexibility index (Phi) is 14.8. The Bertz CT molecular complexity index is 1120. The van der Waals surface area contributed by atoms with Gasteiger partial charge in [0.15, 0.2) is 0 Å². The van der Waals surface area contributed by atoms with E-state index in [-0.39, 0.29) is 61.6 Å². The first kappa shape index (κ1) is 33.9. The van der Waals surface area contributed by atoms with Gasteiger partial charge in [0.2, 0.25) is 0 Å². The third-order valence-corrected chi connectivity index (χ3v) is 4.24. The number of aromatic carboxylic acids is 2. The molecule has 0 aromatic heterocycles. The fourth-order valence-corrected chi connectivity index (χ4v) is 2.84. The smallest absolute Gasteiger partial charge is 0.545 e. The Morgan fingerprint density at radius 3 is 1.15 bits per heavy atom. The molecule has 0 aliphatic heterocycles. The molecule has 0 atom stereocenters. The summed E-state index contributed by atoms with van der Waals surface area (Å²) in [4.78, 5) is 21.2. The number of rotatable bonds is 2. The van der Waals surface area contributed by atoms with E-state index in [1.165, 1.54) is 12.1 Å². The molecule has 0 heterocycles. The number of fused-ring (bicyclic) bond motifs is 2. The van der Waals surface area contributed by atoms with Gasteiger partial charge in [-0.3, -0.25) is 0 Å². The van der Waals surface area contributed by atoms with Crippen LogP contribution in [0.1, 0.15) is 20.7 Å². The van der Waals surface area contributed by atoms with Crippen molar-refractivity contribution < 1.29 is 69.0 Å². The number of phenols is 2. The summed E-state index contributed by atoms with van der Waals surface area (Å²) in [6.45, 7) is 0. The number of benzene rings is 4. The second kappa shape index (κ2) is 14.4. The number of carboxylic acid groups (broad SMARTS) is 2. The van der Waals surface area contributed by atoms with Crippen LogP contribution in [0.15, 0.2) is 72.8 Å². The molecule has 1 radical (unpaired) electrons. The number of carboxylic acids is 2. The first-order chi connectivity index (χ1) is 13.4. The minimum Gasteiger partial charge on any atom is -0.545 e. The van der Waals surface area contributed by atoms with Crippen LogP contribution in [0.3, 0.4) is 0 Å². The quantitative estimate of drug-likeness (QED) is 0.233. The minimum absolute atomic E-state index is 0. The maximum atomic E-state index is 10.6. The third-order valence-electron chi connectivity index (χ3n) is 4.24. The summed E-state index contributed by atoms with van der Waals surface area (Å²) < 4.78 is 0. The summed E-state index contributed by atoms with van der Waals surface area (Å²) in [6.07, 6.45) is 0. The number of aromatic hydroxyl groups is 2. The summed E-state index contributed by atoms with van der Waals surface area (Å²) in [6, 6.07) is 20.0. The van der Waals surface area contributed by atoms with Gasteiger partial charge in [-0.1, -0.05) is 60.7 Å². The van der Waals surface area contributed by atoms with Crippen LogP contribution < -0.4 is 10.2 Å². The van der Waals surface area contributed by atoms with Crippen molar-refractivity contribution in [2.75, 3.05) is 0 Å². The molecule has 4 aromatic carbocycles. The Morgan fingerprint density at radius 2 is 0.848 bits per heavy atom. The molecule has 33 heavy (non-hydrogen) atoms. The maximum Gasteiger partial charge on any atom is 2.00 e. The van der Waals surface area contributed by atoms with E-state index in [0.717, 1.165) is 10.8 Å². The summed E-state index contributed by atoms with van der Waals surface area (Å²) in [5.74, 6) is -3.20. The number of hydrogen-bond donors (Lipinski definition) is 2. The molecule has 177 valence electrons. The van der Waals surface area contributed by atoms with Crippen LogP contribution in [0.5, 0.6) is 11.5 Å². The van der Waals surface area contributed by atoms with Crippen LogP contribution in [0.25, 0.3) is 21.5 Å². The summed E-state index contributed by atoms with van der Waals surface area (Å²) in [7, 11) is 0. The number of hydrogen-bond acceptors (Lipinski definition) is 6. The predicted molar refractivity (Wildman–Crippen MR) is 119 cm³/mol. The molecular weight excluding hydrogens is 479 g/mol. The van der Waals surface area contributed by atoms with Crippen molar-refractivity contribution in [2.45, 2.75) is 0 Å². The summed E-state index contributed by atoms with van der Waals surface area (Å²) >= 11 is 0. The number of carbonyl (C=O) groups excluding carboxylic acids is 2. The van der Waals surface area contributed by atoms with Crippen LogP contribution in [0.4, 0.5) is 0 Å². The van der Waals surface area contributed by atoms with Gasteiger partial charge in [0, 0.05) is 21.9 Å². The first-order valence-electron chi connectivity index (χ1n) is 8.24. The van der Waals surface area contributed by atoms with Crippen molar-refractivity contribution in [1.29, 1.82) is 0 Å². The molecule has 0 aliphatic carbocycles. The Morgan fingerprint density at radius 1 is 0.545 bits per heavy atom. The first-order valence-corrected chi connectivity index (χ1v) is 8.24. The van der Waals surface area contributed by atoms with Crippen LogP contribution in [0, 0.1) is 0 Å². The summed E-state index contributed by atoms with van der Waals surface area (Å²) in [5.41, 5.74) is -0.354. The Balaban J connectivity index is -0.000000474. The molecule has 0 aliphatic rings. The number of carbonyl (C=O) groups is 2. The fraction of sp³-hybridized carbons (Fsp3) is 0. The van der Waals surface area contributed by atoms with Crippen LogP contribution in [-0.4, -0.2) is 22.2 Å². The molecule has 0 saturated heterocycles. The molecule has 0 bridgehead atoms. The van der Waals surface area contributed by atoms with Gasteiger partial charge >= 0.3 is 17.1 Å². The average Bonchev–Trinajstić information content (AvgIpc) is 2.69. The molecule has 0 spiro atoms. The van der Waals surface area contributed by atoms with Crippen LogP contribution in [0.2, 0.25) is 0 Å². The standard InChI is InChI=1S/2C11H8O3.Mn.4H2O/c2*12-10-8-4-2-1-3-7(8)5-6-9(10)11(13)14;;;;;/h2*1-6,12H,(H,13,14);;4*1H2/q;;+2;;;;/p+2. The predicted octanol–water partition coefficient (Wildman–Crippen LogP) is -1.87. The molecule has 0 saturated carbocycles. The fourth-order valence-electron chi connectivity index (χ4n) is 2.84. The zero-order valence-electron chi connectivity index (χ0n) is 17.1. The van der Waals surface area contributed by atoms with Gasteiger partial charge < -0.3 is 51.9 Å². The topological polar surface area (TPSA) is 253 Å². The minimum atomic E-state index is -1.37. The molecule has 0 unspecified atom stereocenters. The van der Waals surface area contributed by atoms with E-state index in [1.54, 1.807) is 48.5 Å². The molecule has 0 fully saturated rings. The van der Waals surface area contributed by atoms with Gasteiger partial charge in [0.1, 0.15) is 11.5 Å². The van der Waals surface area contributed by atoms with Crippen LogP contribution in [-0.2, 0) is 39.0 Å². The second-order valence-electron chi connectivity index (χ2n) is 5.94. The van der Waals surface area contributed by atoms with Crippen LogP contribution >= 0.6 is 0 Å². The van der Waals surface area contributed by atoms with Crippen molar-refractivity contribution in [3.8, 4) is 11.5 Å². The van der Waals surface area contributed by atoms with Crippen molar-refractivity contribution >= 4 is 33.5 Å². The van der Waals surface area contributed by atoms with Crippen molar-refractivity contribution in [1.82, 2.24) is 0 Å². The van der Waals surface area contributed by atoms with E-state index < -0.39 is 11.9 Å². The van der Waals surface area contributed by atoms with E-state index in [4.69, 9.17) is 0 Å². The van der Waals surface area contributed by atoms with Gasteiger partial charge in [0.05, 0.1) is 11.9 Å². The Hall–Kier alpha value is -3.70. The largest absolute Gasteiger partial charge is 2.00 e. The molecule has 11 heteroatoms. The van der Waals surface area contributed by atoms with E-state index in [9.17, 15) is 30.0 Å². The Labute approximate surface area is 198 Å². The molecule has 0 amide bonds. The zero-order chi connectivity index (χ0) is 20.3. The zero-order valence-corrected chi connectivity index (χ0v) is 18.3. The van der Waals surface area contributed by atoms with E-state index >= 15 is 0 Å². The SMILES string of the molecule is O=C([O-])c1ccc2ccccc2c1O.O=C([O-])c1ccc2ccccc2c1O.[Mn+2].[OH3+].[OH3+].[OH3+].[OH3+]. The summed E-state index contributed by atoms with van der Waals surface area (Å²) in [5, 5.41) is 43.0. The van der Waals surface area contributed by atoms with Crippen molar-refractivity contribution in [2.24, 2.45) is 0 Å². The van der Waals surface area contributed by atoms with Gasteiger partial charge in [-0.25, -0.2) is 0 Å². The van der Waals surface area contributed by atoms with E-state index in [2.05, 4.69) is 0 Å². The molecule has 4 rings (SSSR count). The molecule has 10 nitrogen and oxygen atoms in total. The normalized spacial score (nSPS) is 8.73. The van der Waals surface area contributed by atoms with Gasteiger partial charge in [-0.15, -0.1) is 0 Å². The molecular formula is C22H26MnO10+4. The van der Waals surface area contributed by atoms with Crippen molar-refractivity contribution in [3.05, 3.63) is 83.9 Å².